The molecule has 0 saturated carbocycles. The van der Waals surface area contributed by atoms with Crippen molar-refractivity contribution in [2.24, 2.45) is 5.41 Å². The zero-order valence-corrected chi connectivity index (χ0v) is 7.22. The summed E-state index contributed by atoms with van der Waals surface area (Å²) in [7, 11) is 0. The van der Waals surface area contributed by atoms with E-state index in [-0.39, 0.29) is 0 Å². The average molecular weight is 139 g/mol. The van der Waals surface area contributed by atoms with Gasteiger partial charge in [0.1, 0.15) is 0 Å². The van der Waals surface area contributed by atoms with Crippen molar-refractivity contribution in [1.82, 2.24) is 4.90 Å². The Balaban J connectivity index is 3.85. The highest BCUT2D eigenvalue weighted by Crippen LogP contribution is 2.14. The lowest BCUT2D eigenvalue weighted by Crippen LogP contribution is -2.23. The Morgan fingerprint density at radius 2 is 1.60 bits per heavy atom. The van der Waals surface area contributed by atoms with Crippen LogP contribution in [0.25, 0.3) is 0 Å². The minimum atomic E-state index is 0.308. The fraction of sp³-hybridized carbons (Fsp3) is 0.556. The van der Waals surface area contributed by atoms with Crippen LogP contribution in [-0.4, -0.2) is 11.4 Å². The summed E-state index contributed by atoms with van der Waals surface area (Å²) in [4.78, 5) is 1.99. The number of nitrogens with zero attached hydrogens (tertiary/aromatic N) is 1. The summed E-state index contributed by atoms with van der Waals surface area (Å²) in [5.41, 5.74) is 0.308. The highest BCUT2D eigenvalue weighted by molar-refractivity contribution is 4.83. The Bertz CT molecular complexity index is 111. The van der Waals surface area contributed by atoms with Crippen LogP contribution in [0, 0.1) is 5.41 Å². The molecule has 0 aliphatic heterocycles. The van der Waals surface area contributed by atoms with E-state index in [1.807, 2.05) is 4.90 Å². The van der Waals surface area contributed by atoms with Crippen LogP contribution in [0.4, 0.5) is 0 Å². The van der Waals surface area contributed by atoms with Crippen LogP contribution in [0.2, 0.25) is 0 Å². The zero-order valence-electron chi connectivity index (χ0n) is 7.22. The Kier molecular flexibility index (Phi) is 3.20. The maximum Gasteiger partial charge on any atom is 0.0267 e. The first kappa shape index (κ1) is 9.28. The summed E-state index contributed by atoms with van der Waals surface area (Å²) in [6.45, 7) is 14.9. The van der Waals surface area contributed by atoms with Gasteiger partial charge in [0.05, 0.1) is 0 Å². The van der Waals surface area contributed by atoms with Crippen molar-refractivity contribution in [2.75, 3.05) is 6.54 Å². The van der Waals surface area contributed by atoms with Crippen LogP contribution >= 0.6 is 0 Å². The minimum absolute atomic E-state index is 0.308. The molecule has 0 heterocycles. The van der Waals surface area contributed by atoms with Gasteiger partial charge in [-0.15, -0.1) is 0 Å². The molecule has 0 amide bonds. The van der Waals surface area contributed by atoms with Gasteiger partial charge in [0.2, 0.25) is 0 Å². The summed E-state index contributed by atoms with van der Waals surface area (Å²) in [6.07, 6.45) is 3.58. The van der Waals surface area contributed by atoms with Gasteiger partial charge in [0.25, 0.3) is 0 Å². The highest BCUT2D eigenvalue weighted by atomic mass is 15.1. The molecule has 1 nitrogen and oxygen atoms in total. The normalized spacial score (nSPS) is 10.7. The first-order valence-corrected chi connectivity index (χ1v) is 3.50. The van der Waals surface area contributed by atoms with Gasteiger partial charge in [-0.3, -0.25) is 0 Å². The van der Waals surface area contributed by atoms with E-state index in [2.05, 4.69) is 33.9 Å². The van der Waals surface area contributed by atoms with Gasteiger partial charge in [-0.1, -0.05) is 33.9 Å². The standard InChI is InChI=1S/C9H17N/c1-6-10(7-2)8-9(3,4)5/h6-7H,1-2,8H2,3-5H3. The molecule has 0 aromatic carbocycles. The molecule has 0 aromatic heterocycles. The molecule has 0 saturated heterocycles. The number of hydrogen-bond donors (Lipinski definition) is 0. The molecule has 0 N–H and O–H groups in total. The van der Waals surface area contributed by atoms with Crippen LogP contribution in [0.5, 0.6) is 0 Å². The van der Waals surface area contributed by atoms with Crippen molar-refractivity contribution in [3.63, 3.8) is 0 Å². The summed E-state index contributed by atoms with van der Waals surface area (Å²) >= 11 is 0. The van der Waals surface area contributed by atoms with Crippen molar-refractivity contribution >= 4 is 0 Å². The molecule has 1 heteroatoms. The fourth-order valence-electron chi connectivity index (χ4n) is 0.751. The van der Waals surface area contributed by atoms with Gasteiger partial charge in [0.15, 0.2) is 0 Å². The van der Waals surface area contributed by atoms with E-state index in [4.69, 9.17) is 0 Å². The Morgan fingerprint density at radius 1 is 1.20 bits per heavy atom. The molecule has 0 fully saturated rings. The SMILES string of the molecule is C=CN(C=C)CC(C)(C)C. The van der Waals surface area contributed by atoms with E-state index in [9.17, 15) is 0 Å². The molecule has 0 rings (SSSR count). The van der Waals surface area contributed by atoms with Gasteiger partial charge < -0.3 is 4.90 Å². The molecule has 0 spiro atoms. The molecular formula is C9H17N. The lowest BCUT2D eigenvalue weighted by molar-refractivity contribution is 0.306. The Hall–Kier alpha value is -0.720. The quantitative estimate of drug-likeness (QED) is 0.581. The van der Waals surface area contributed by atoms with Crippen molar-refractivity contribution < 1.29 is 0 Å². The van der Waals surface area contributed by atoms with Crippen LogP contribution in [0.1, 0.15) is 20.8 Å². The summed E-state index contributed by atoms with van der Waals surface area (Å²) in [5, 5.41) is 0. The molecule has 0 unspecified atom stereocenters. The molecule has 0 radical (unpaired) electrons. The zero-order chi connectivity index (χ0) is 8.20. The van der Waals surface area contributed by atoms with Crippen molar-refractivity contribution in [3.05, 3.63) is 25.6 Å². The molecule has 0 bridgehead atoms. The van der Waals surface area contributed by atoms with Crippen molar-refractivity contribution in [1.29, 1.82) is 0 Å². The van der Waals surface area contributed by atoms with Crippen LogP contribution in [0.15, 0.2) is 25.6 Å². The molecule has 0 atom stereocenters. The van der Waals surface area contributed by atoms with E-state index in [1.54, 1.807) is 12.4 Å². The minimum Gasteiger partial charge on any atom is -0.355 e. The first-order chi connectivity index (χ1) is 4.49. The Labute approximate surface area is 64.0 Å². The van der Waals surface area contributed by atoms with Crippen LogP contribution in [0.3, 0.4) is 0 Å². The van der Waals surface area contributed by atoms with E-state index in [1.165, 1.54) is 0 Å². The summed E-state index contributed by atoms with van der Waals surface area (Å²) in [6, 6.07) is 0. The molecule has 0 aromatic rings. The third-order valence-electron chi connectivity index (χ3n) is 1.13. The lowest BCUT2D eigenvalue weighted by atomic mass is 9.96. The lowest BCUT2D eigenvalue weighted by Gasteiger charge is -2.25. The van der Waals surface area contributed by atoms with Crippen molar-refractivity contribution in [2.45, 2.75) is 20.8 Å². The highest BCUT2D eigenvalue weighted by Gasteiger charge is 2.11. The maximum atomic E-state index is 3.67. The second-order valence-electron chi connectivity index (χ2n) is 3.60. The summed E-state index contributed by atoms with van der Waals surface area (Å²) in [5.74, 6) is 0. The van der Waals surface area contributed by atoms with E-state index >= 15 is 0 Å². The number of hydrogen-bond acceptors (Lipinski definition) is 1. The third-order valence-corrected chi connectivity index (χ3v) is 1.13. The molecule has 58 valence electrons. The van der Waals surface area contributed by atoms with Crippen LogP contribution in [-0.2, 0) is 0 Å². The molecular weight excluding hydrogens is 122 g/mol. The van der Waals surface area contributed by atoms with E-state index < -0.39 is 0 Å². The van der Waals surface area contributed by atoms with E-state index in [0.29, 0.717) is 5.41 Å². The fourth-order valence-corrected chi connectivity index (χ4v) is 0.751. The van der Waals surface area contributed by atoms with Gasteiger partial charge in [-0.25, -0.2) is 0 Å². The summed E-state index contributed by atoms with van der Waals surface area (Å²) < 4.78 is 0. The largest absolute Gasteiger partial charge is 0.355 e. The predicted octanol–water partition coefficient (Wildman–Crippen LogP) is 2.62. The second kappa shape index (κ2) is 3.45. The molecule has 10 heavy (non-hydrogen) atoms. The van der Waals surface area contributed by atoms with Gasteiger partial charge >= 0.3 is 0 Å². The smallest absolute Gasteiger partial charge is 0.0267 e. The Morgan fingerprint density at radius 3 is 1.70 bits per heavy atom. The van der Waals surface area contributed by atoms with Gasteiger partial charge in [0, 0.05) is 6.54 Å². The first-order valence-electron chi connectivity index (χ1n) is 3.50. The molecule has 0 aliphatic carbocycles. The van der Waals surface area contributed by atoms with Crippen molar-refractivity contribution in [3.8, 4) is 0 Å². The number of rotatable bonds is 3. The van der Waals surface area contributed by atoms with Gasteiger partial charge in [-0.05, 0) is 17.8 Å². The average Bonchev–Trinajstić information content (AvgIpc) is 1.81. The molecule has 0 aliphatic rings. The maximum absolute atomic E-state index is 3.67. The van der Waals surface area contributed by atoms with Crippen LogP contribution < -0.4 is 0 Å². The third kappa shape index (κ3) is 4.19. The topological polar surface area (TPSA) is 3.24 Å². The predicted molar refractivity (Wildman–Crippen MR) is 46.6 cm³/mol. The van der Waals surface area contributed by atoms with Gasteiger partial charge in [-0.2, -0.15) is 0 Å². The second-order valence-corrected chi connectivity index (χ2v) is 3.60. The van der Waals surface area contributed by atoms with E-state index in [0.717, 1.165) is 6.54 Å². The monoisotopic (exact) mass is 139 g/mol.